The van der Waals surface area contributed by atoms with Gasteiger partial charge >= 0.3 is 0 Å². The first-order chi connectivity index (χ1) is 11.8. The largest absolute Gasteiger partial charge is 0.496 e. The summed E-state index contributed by atoms with van der Waals surface area (Å²) in [6, 6.07) is 4.14. The van der Waals surface area contributed by atoms with E-state index >= 15 is 0 Å². The number of benzene rings is 1. The smallest absolute Gasteiger partial charge is 0.231 e. The fourth-order valence-electron chi connectivity index (χ4n) is 3.76. The molecule has 1 fully saturated rings. The zero-order valence-corrected chi connectivity index (χ0v) is 13.8. The van der Waals surface area contributed by atoms with Crippen molar-refractivity contribution in [1.29, 1.82) is 0 Å². The lowest BCUT2D eigenvalue weighted by atomic mass is 9.86. The maximum absolute atomic E-state index is 9.51. The molecule has 128 valence electrons. The van der Waals surface area contributed by atoms with E-state index in [0.717, 1.165) is 48.6 Å². The fourth-order valence-corrected chi connectivity index (χ4v) is 3.76. The highest BCUT2D eigenvalue weighted by Crippen LogP contribution is 2.43. The minimum Gasteiger partial charge on any atom is -0.496 e. The summed E-state index contributed by atoms with van der Waals surface area (Å²) in [6.45, 7) is 0.491. The van der Waals surface area contributed by atoms with Crippen molar-refractivity contribution in [2.24, 2.45) is 5.92 Å². The van der Waals surface area contributed by atoms with Gasteiger partial charge in [-0.1, -0.05) is 6.42 Å². The summed E-state index contributed by atoms with van der Waals surface area (Å²) in [5, 5.41) is 9.51. The van der Waals surface area contributed by atoms with Crippen molar-refractivity contribution >= 4 is 0 Å². The Hall–Kier alpha value is -2.21. The number of nitrogens with zero attached hydrogens (tertiary/aromatic N) is 2. The first-order valence-corrected chi connectivity index (χ1v) is 8.42. The van der Waals surface area contributed by atoms with Gasteiger partial charge in [-0.2, -0.15) is 0 Å². The quantitative estimate of drug-likeness (QED) is 0.933. The average Bonchev–Trinajstić information content (AvgIpc) is 3.29. The van der Waals surface area contributed by atoms with Crippen LogP contribution in [0.1, 0.15) is 31.7 Å². The number of hydrogen-bond donors (Lipinski definition) is 1. The van der Waals surface area contributed by atoms with Gasteiger partial charge < -0.3 is 23.9 Å². The number of fused-ring (bicyclic) bond motifs is 1. The highest BCUT2D eigenvalue weighted by atomic mass is 16.7. The summed E-state index contributed by atoms with van der Waals surface area (Å²) in [5.41, 5.74) is 0.901. The van der Waals surface area contributed by atoms with Crippen LogP contribution < -0.4 is 14.2 Å². The molecule has 0 saturated heterocycles. The Morgan fingerprint density at radius 1 is 1.29 bits per heavy atom. The molecule has 0 unspecified atom stereocenters. The van der Waals surface area contributed by atoms with Crippen LogP contribution >= 0.6 is 0 Å². The molecule has 6 heteroatoms. The number of rotatable bonds is 4. The Balaban J connectivity index is 1.72. The molecule has 2 aromatic rings. The molecule has 1 saturated carbocycles. The maximum atomic E-state index is 9.51. The molecule has 6 nitrogen and oxygen atoms in total. The van der Waals surface area contributed by atoms with Gasteiger partial charge in [-0.3, -0.25) is 0 Å². The van der Waals surface area contributed by atoms with E-state index in [0.29, 0.717) is 17.7 Å². The van der Waals surface area contributed by atoms with Crippen molar-refractivity contribution in [3.05, 3.63) is 24.5 Å². The minimum atomic E-state index is 0.233. The molecule has 1 N–H and O–H groups in total. The lowest BCUT2D eigenvalue weighted by molar-refractivity contribution is 0.163. The van der Waals surface area contributed by atoms with Crippen molar-refractivity contribution in [3.8, 4) is 28.6 Å². The van der Waals surface area contributed by atoms with Gasteiger partial charge in [-0.15, -0.1) is 0 Å². The number of hydrogen-bond acceptors (Lipinski definition) is 5. The average molecular weight is 330 g/mol. The van der Waals surface area contributed by atoms with E-state index in [1.54, 1.807) is 7.11 Å². The van der Waals surface area contributed by atoms with Crippen molar-refractivity contribution in [3.63, 3.8) is 0 Å². The van der Waals surface area contributed by atoms with Crippen LogP contribution in [0.4, 0.5) is 0 Å². The Labute approximate surface area is 141 Å². The van der Waals surface area contributed by atoms with Crippen LogP contribution in [0.2, 0.25) is 0 Å². The predicted octanol–water partition coefficient (Wildman–Crippen LogP) is 3.01. The Morgan fingerprint density at radius 3 is 2.92 bits per heavy atom. The Morgan fingerprint density at radius 2 is 2.12 bits per heavy atom. The van der Waals surface area contributed by atoms with Crippen molar-refractivity contribution in [1.82, 2.24) is 9.55 Å². The van der Waals surface area contributed by atoms with E-state index < -0.39 is 0 Å². The van der Waals surface area contributed by atoms with Gasteiger partial charge in [0.05, 0.1) is 12.7 Å². The first kappa shape index (κ1) is 15.3. The zero-order chi connectivity index (χ0) is 16.5. The molecule has 0 amide bonds. The molecule has 1 aromatic heterocycles. The molecule has 1 aliphatic carbocycles. The van der Waals surface area contributed by atoms with Gasteiger partial charge in [0.2, 0.25) is 6.79 Å². The summed E-state index contributed by atoms with van der Waals surface area (Å²) >= 11 is 0. The number of aliphatic hydroxyl groups is 1. The van der Waals surface area contributed by atoms with E-state index in [-0.39, 0.29) is 13.4 Å². The number of ether oxygens (including phenoxy) is 3. The molecule has 0 bridgehead atoms. The second-order valence-electron chi connectivity index (χ2n) is 6.43. The van der Waals surface area contributed by atoms with E-state index in [4.69, 9.17) is 14.2 Å². The van der Waals surface area contributed by atoms with Crippen LogP contribution in [-0.4, -0.2) is 35.2 Å². The normalized spacial score (nSPS) is 22.6. The molecule has 2 atom stereocenters. The summed E-state index contributed by atoms with van der Waals surface area (Å²) in [5.74, 6) is 3.39. The minimum absolute atomic E-state index is 0.233. The summed E-state index contributed by atoms with van der Waals surface area (Å²) in [6.07, 6.45) is 8.15. The molecule has 24 heavy (non-hydrogen) atoms. The van der Waals surface area contributed by atoms with Crippen molar-refractivity contribution in [2.45, 2.75) is 31.7 Å². The van der Waals surface area contributed by atoms with Crippen LogP contribution in [0.3, 0.4) is 0 Å². The molecule has 4 rings (SSSR count). The van der Waals surface area contributed by atoms with Gasteiger partial charge in [0.15, 0.2) is 11.5 Å². The highest BCUT2D eigenvalue weighted by Gasteiger charge is 2.26. The molecule has 2 aliphatic rings. The highest BCUT2D eigenvalue weighted by molar-refractivity contribution is 5.70. The maximum Gasteiger partial charge on any atom is 0.231 e. The van der Waals surface area contributed by atoms with Crippen LogP contribution in [0.5, 0.6) is 17.2 Å². The molecule has 1 aromatic carbocycles. The second kappa shape index (κ2) is 6.36. The van der Waals surface area contributed by atoms with E-state index in [2.05, 4.69) is 9.55 Å². The zero-order valence-electron chi connectivity index (χ0n) is 13.8. The third kappa shape index (κ3) is 2.60. The molecule has 2 heterocycles. The van der Waals surface area contributed by atoms with Gasteiger partial charge in [0.1, 0.15) is 11.6 Å². The topological polar surface area (TPSA) is 65.7 Å². The van der Waals surface area contributed by atoms with Gasteiger partial charge in [-0.05, 0) is 31.2 Å². The number of methoxy groups -OCH3 is 1. The van der Waals surface area contributed by atoms with Gasteiger partial charge in [0.25, 0.3) is 0 Å². The predicted molar refractivity (Wildman–Crippen MR) is 88.4 cm³/mol. The first-order valence-electron chi connectivity index (χ1n) is 8.42. The monoisotopic (exact) mass is 330 g/mol. The van der Waals surface area contributed by atoms with Crippen molar-refractivity contribution in [2.75, 3.05) is 20.5 Å². The third-order valence-electron chi connectivity index (χ3n) is 5.01. The molecular weight excluding hydrogens is 308 g/mol. The summed E-state index contributed by atoms with van der Waals surface area (Å²) in [7, 11) is 1.65. The van der Waals surface area contributed by atoms with Crippen molar-refractivity contribution < 1.29 is 19.3 Å². The lowest BCUT2D eigenvalue weighted by Gasteiger charge is -2.30. The molecule has 0 spiro atoms. The van der Waals surface area contributed by atoms with Crippen LogP contribution in [0, 0.1) is 5.92 Å². The molecule has 0 radical (unpaired) electrons. The van der Waals surface area contributed by atoms with Gasteiger partial charge in [-0.25, -0.2) is 4.98 Å². The summed E-state index contributed by atoms with van der Waals surface area (Å²) in [4.78, 5) is 4.57. The van der Waals surface area contributed by atoms with Crippen LogP contribution in [-0.2, 0) is 0 Å². The van der Waals surface area contributed by atoms with Crippen LogP contribution in [0.15, 0.2) is 24.5 Å². The number of imidazole rings is 1. The Kier molecular flexibility index (Phi) is 4.06. The number of aromatic nitrogens is 2. The standard InChI is InChI=1S/C18H22N2O4/c1-22-15-9-17-16(23-11-24-17)8-14(15)18-19-5-6-20(18)13-4-2-3-12(7-13)10-21/h5-6,8-9,12-13,21H,2-4,7,10-11H2,1H3/t12-,13-/m1/s1. The van der Waals surface area contributed by atoms with E-state index in [1.807, 2.05) is 24.5 Å². The van der Waals surface area contributed by atoms with Gasteiger partial charge in [0, 0.05) is 31.1 Å². The van der Waals surface area contributed by atoms with E-state index in [1.165, 1.54) is 0 Å². The molecular formula is C18H22N2O4. The number of aliphatic hydroxyl groups excluding tert-OH is 1. The summed E-state index contributed by atoms with van der Waals surface area (Å²) < 4.78 is 18.7. The SMILES string of the molecule is COc1cc2c(cc1-c1nccn1[C@@H]1CCC[C@@H](CO)C1)OCO2. The lowest BCUT2D eigenvalue weighted by Crippen LogP contribution is -2.21. The third-order valence-corrected chi connectivity index (χ3v) is 5.01. The fraction of sp³-hybridized carbons (Fsp3) is 0.500. The van der Waals surface area contributed by atoms with E-state index in [9.17, 15) is 5.11 Å². The van der Waals surface area contributed by atoms with Crippen LogP contribution in [0.25, 0.3) is 11.4 Å². The molecule has 1 aliphatic heterocycles. The second-order valence-corrected chi connectivity index (χ2v) is 6.43. The Bertz CT molecular complexity index is 728.